The molecule has 1 aliphatic rings. The summed E-state index contributed by atoms with van der Waals surface area (Å²) in [5.74, 6) is 3.08. The largest absolute Gasteiger partial charge is 0.380 e. The molecule has 1 atom stereocenters. The van der Waals surface area contributed by atoms with Crippen LogP contribution in [0.1, 0.15) is 13.8 Å². The molecule has 0 aromatic heterocycles. The lowest BCUT2D eigenvalue weighted by Crippen LogP contribution is -2.44. The van der Waals surface area contributed by atoms with Crippen LogP contribution >= 0.6 is 0 Å². The van der Waals surface area contributed by atoms with E-state index in [-0.39, 0.29) is 5.41 Å². The van der Waals surface area contributed by atoms with Crippen molar-refractivity contribution in [2.45, 2.75) is 13.8 Å². The highest BCUT2D eigenvalue weighted by molar-refractivity contribution is 5.01. The first-order valence-corrected chi connectivity index (χ1v) is 3.23. The Morgan fingerprint density at radius 2 is 2.22 bits per heavy atom. The fraction of sp³-hybridized carbons (Fsp3) is 0.750. The topological polar surface area (TPSA) is 9.23 Å². The van der Waals surface area contributed by atoms with Crippen LogP contribution in [0.5, 0.6) is 0 Å². The van der Waals surface area contributed by atoms with E-state index in [1.165, 1.54) is 0 Å². The van der Waals surface area contributed by atoms with Crippen molar-refractivity contribution in [3.8, 4) is 12.3 Å². The van der Waals surface area contributed by atoms with Crippen LogP contribution < -0.4 is 0 Å². The first kappa shape index (κ1) is 6.64. The number of hydrogen-bond acceptors (Lipinski definition) is 1. The summed E-state index contributed by atoms with van der Waals surface area (Å²) >= 11 is 0. The highest BCUT2D eigenvalue weighted by Gasteiger charge is 2.37. The average Bonchev–Trinajstić information content (AvgIpc) is 1.81. The highest BCUT2D eigenvalue weighted by atomic mass is 16.5. The smallest absolute Gasteiger partial charge is 0.0553 e. The van der Waals surface area contributed by atoms with Gasteiger partial charge in [0.1, 0.15) is 0 Å². The van der Waals surface area contributed by atoms with Crippen LogP contribution in [-0.4, -0.2) is 13.2 Å². The van der Waals surface area contributed by atoms with E-state index in [4.69, 9.17) is 11.2 Å². The van der Waals surface area contributed by atoms with E-state index in [0.717, 1.165) is 13.2 Å². The number of rotatable bonds is 1. The Hall–Kier alpha value is -0.480. The van der Waals surface area contributed by atoms with Crippen LogP contribution in [-0.2, 0) is 4.74 Å². The predicted octanol–water partition coefficient (Wildman–Crippen LogP) is 1.29. The minimum Gasteiger partial charge on any atom is -0.380 e. The predicted molar refractivity (Wildman–Crippen MR) is 36.9 cm³/mol. The van der Waals surface area contributed by atoms with Gasteiger partial charge in [0.25, 0.3) is 0 Å². The Kier molecular flexibility index (Phi) is 1.50. The van der Waals surface area contributed by atoms with Crippen molar-refractivity contribution in [3.05, 3.63) is 0 Å². The molecule has 1 fully saturated rings. The van der Waals surface area contributed by atoms with Gasteiger partial charge >= 0.3 is 0 Å². The van der Waals surface area contributed by atoms with E-state index in [9.17, 15) is 0 Å². The molecule has 1 heteroatoms. The van der Waals surface area contributed by atoms with Gasteiger partial charge in [-0.25, -0.2) is 0 Å². The zero-order valence-corrected chi connectivity index (χ0v) is 5.98. The van der Waals surface area contributed by atoms with Gasteiger partial charge in [-0.05, 0) is 0 Å². The number of hydrogen-bond donors (Lipinski definition) is 0. The third kappa shape index (κ3) is 0.951. The molecule has 0 aliphatic carbocycles. The minimum absolute atomic E-state index is 0.273. The molecule has 0 aromatic carbocycles. The van der Waals surface area contributed by atoms with Crippen molar-refractivity contribution < 1.29 is 4.74 Å². The second-order valence-electron chi connectivity index (χ2n) is 3.04. The fourth-order valence-corrected chi connectivity index (χ4v) is 0.875. The Bertz CT molecular complexity index is 139. The van der Waals surface area contributed by atoms with Crippen molar-refractivity contribution in [2.75, 3.05) is 13.2 Å². The van der Waals surface area contributed by atoms with Crippen LogP contribution in [0.4, 0.5) is 0 Å². The standard InChI is InChI=1S/C8H12O/c1-4-7(2)8(3)5-9-6-8/h1,7H,5-6H2,2-3H3. The first-order valence-electron chi connectivity index (χ1n) is 3.23. The fourth-order valence-electron chi connectivity index (χ4n) is 0.875. The number of terminal acetylenes is 1. The van der Waals surface area contributed by atoms with Gasteiger partial charge in [-0.2, -0.15) is 0 Å². The first-order chi connectivity index (χ1) is 4.19. The van der Waals surface area contributed by atoms with Crippen LogP contribution in [0.2, 0.25) is 0 Å². The summed E-state index contributed by atoms with van der Waals surface area (Å²) < 4.78 is 5.07. The maximum atomic E-state index is 5.26. The summed E-state index contributed by atoms with van der Waals surface area (Å²) in [6, 6.07) is 0. The van der Waals surface area contributed by atoms with Crippen molar-refractivity contribution in [2.24, 2.45) is 11.3 Å². The van der Waals surface area contributed by atoms with Crippen molar-refractivity contribution >= 4 is 0 Å². The van der Waals surface area contributed by atoms with E-state index in [0.29, 0.717) is 5.92 Å². The maximum absolute atomic E-state index is 5.26. The molecular formula is C8H12O. The molecule has 50 valence electrons. The lowest BCUT2D eigenvalue weighted by Gasteiger charge is -2.40. The van der Waals surface area contributed by atoms with E-state index < -0.39 is 0 Å². The molecule has 0 N–H and O–H groups in total. The summed E-state index contributed by atoms with van der Waals surface area (Å²) in [6.45, 7) is 5.90. The second-order valence-corrected chi connectivity index (χ2v) is 3.04. The van der Waals surface area contributed by atoms with Gasteiger partial charge in [0.05, 0.1) is 13.2 Å². The highest BCUT2D eigenvalue weighted by Crippen LogP contribution is 2.34. The maximum Gasteiger partial charge on any atom is 0.0553 e. The monoisotopic (exact) mass is 124 g/mol. The van der Waals surface area contributed by atoms with Gasteiger partial charge in [0, 0.05) is 11.3 Å². The molecule has 1 rings (SSSR count). The molecule has 0 aromatic rings. The van der Waals surface area contributed by atoms with Crippen molar-refractivity contribution in [1.82, 2.24) is 0 Å². The van der Waals surface area contributed by atoms with Crippen molar-refractivity contribution in [1.29, 1.82) is 0 Å². The molecule has 9 heavy (non-hydrogen) atoms. The molecule has 0 amide bonds. The van der Waals surface area contributed by atoms with E-state index in [1.807, 2.05) is 0 Å². The summed E-state index contributed by atoms with van der Waals surface area (Å²) in [4.78, 5) is 0. The van der Waals surface area contributed by atoms with Crippen LogP contribution in [0.3, 0.4) is 0 Å². The zero-order chi connectivity index (χ0) is 6.91. The minimum atomic E-state index is 0.273. The number of ether oxygens (including phenoxy) is 1. The molecule has 1 nitrogen and oxygen atoms in total. The molecular weight excluding hydrogens is 112 g/mol. The van der Waals surface area contributed by atoms with Gasteiger partial charge in [0.15, 0.2) is 0 Å². The Balaban J connectivity index is 2.51. The van der Waals surface area contributed by atoms with Crippen LogP contribution in [0, 0.1) is 23.7 Å². The molecule has 0 spiro atoms. The molecule has 1 saturated heterocycles. The second kappa shape index (κ2) is 2.04. The third-order valence-electron chi connectivity index (χ3n) is 2.16. The average molecular weight is 124 g/mol. The van der Waals surface area contributed by atoms with Crippen LogP contribution in [0.25, 0.3) is 0 Å². The molecule has 1 unspecified atom stereocenters. The van der Waals surface area contributed by atoms with Crippen LogP contribution in [0.15, 0.2) is 0 Å². The zero-order valence-electron chi connectivity index (χ0n) is 5.98. The summed E-state index contributed by atoms with van der Waals surface area (Å²) in [6.07, 6.45) is 5.26. The third-order valence-corrected chi connectivity index (χ3v) is 2.16. The Labute approximate surface area is 56.4 Å². The molecule has 0 radical (unpaired) electrons. The quantitative estimate of drug-likeness (QED) is 0.479. The summed E-state index contributed by atoms with van der Waals surface area (Å²) in [7, 11) is 0. The summed E-state index contributed by atoms with van der Waals surface area (Å²) in [5, 5.41) is 0. The lowest BCUT2D eigenvalue weighted by molar-refractivity contribution is -0.119. The Morgan fingerprint density at radius 3 is 2.33 bits per heavy atom. The SMILES string of the molecule is C#CC(C)C1(C)COC1. The van der Waals surface area contributed by atoms with Gasteiger partial charge in [-0.3, -0.25) is 0 Å². The normalized spacial score (nSPS) is 25.9. The van der Waals surface area contributed by atoms with Gasteiger partial charge < -0.3 is 4.74 Å². The molecule has 0 saturated carbocycles. The Morgan fingerprint density at radius 1 is 1.67 bits per heavy atom. The van der Waals surface area contributed by atoms with Gasteiger partial charge in [0.2, 0.25) is 0 Å². The van der Waals surface area contributed by atoms with E-state index >= 15 is 0 Å². The van der Waals surface area contributed by atoms with E-state index in [1.54, 1.807) is 0 Å². The van der Waals surface area contributed by atoms with Gasteiger partial charge in [-0.1, -0.05) is 13.8 Å². The van der Waals surface area contributed by atoms with Crippen molar-refractivity contribution in [3.63, 3.8) is 0 Å². The van der Waals surface area contributed by atoms with E-state index in [2.05, 4.69) is 19.8 Å². The molecule has 1 heterocycles. The lowest BCUT2D eigenvalue weighted by atomic mass is 9.77. The molecule has 1 aliphatic heterocycles. The van der Waals surface area contributed by atoms with Gasteiger partial charge in [-0.15, -0.1) is 12.3 Å². The summed E-state index contributed by atoms with van der Waals surface area (Å²) in [5.41, 5.74) is 0.273. The molecule has 0 bridgehead atoms.